The second kappa shape index (κ2) is 8.47. The lowest BCUT2D eigenvalue weighted by Crippen LogP contribution is -2.13. The van der Waals surface area contributed by atoms with Crippen LogP contribution in [-0.2, 0) is 0 Å². The fourth-order valence-electron chi connectivity index (χ4n) is 3.26. The van der Waals surface area contributed by atoms with Gasteiger partial charge in [0.15, 0.2) is 0 Å². The third-order valence-electron chi connectivity index (χ3n) is 4.81. The topological polar surface area (TPSA) is 52.5 Å². The summed E-state index contributed by atoms with van der Waals surface area (Å²) in [5.74, 6) is 1.04. The molecule has 0 saturated heterocycles. The van der Waals surface area contributed by atoms with E-state index in [1.54, 1.807) is 32.4 Å². The lowest BCUT2D eigenvalue weighted by molar-refractivity contribution is 0.103. The Morgan fingerprint density at radius 2 is 1.60 bits per heavy atom. The van der Waals surface area contributed by atoms with Crippen LogP contribution in [0.15, 0.2) is 72.4 Å². The van der Waals surface area contributed by atoms with Gasteiger partial charge in [-0.2, -0.15) is 0 Å². The second-order valence-corrected chi connectivity index (χ2v) is 7.72. The zero-order valence-corrected chi connectivity index (χ0v) is 17.8. The summed E-state index contributed by atoms with van der Waals surface area (Å²) in [6.45, 7) is 2.06. The third-order valence-corrected chi connectivity index (χ3v) is 5.77. The summed E-state index contributed by atoms with van der Waals surface area (Å²) in [4.78, 5) is 13.9. The third kappa shape index (κ3) is 3.95. The number of aryl methyl sites for hydroxylation is 1. The van der Waals surface area contributed by atoms with Crippen molar-refractivity contribution in [2.24, 2.45) is 0 Å². The minimum Gasteiger partial charge on any atom is -0.497 e. The zero-order valence-electron chi connectivity index (χ0n) is 17.0. The maximum Gasteiger partial charge on any atom is 0.267 e. The summed E-state index contributed by atoms with van der Waals surface area (Å²) < 4.78 is 12.6. The van der Waals surface area contributed by atoms with Crippen LogP contribution in [-0.4, -0.2) is 24.7 Å². The Labute approximate surface area is 179 Å². The van der Waals surface area contributed by atoms with E-state index in [9.17, 15) is 4.79 Å². The van der Waals surface area contributed by atoms with Gasteiger partial charge in [0, 0.05) is 47.2 Å². The second-order valence-electron chi connectivity index (χ2n) is 6.84. The molecule has 1 amide bonds. The number of benzene rings is 2. The van der Waals surface area contributed by atoms with Crippen molar-refractivity contribution in [3.05, 3.63) is 82.8 Å². The Hall–Kier alpha value is -3.51. The highest BCUT2D eigenvalue weighted by atomic mass is 32.1. The largest absolute Gasteiger partial charge is 0.497 e. The molecule has 0 radical (unpaired) electrons. The molecule has 152 valence electrons. The number of carbonyl (C=O) groups excluding carboxylic acids is 1. The molecule has 0 unspecified atom stereocenters. The van der Waals surface area contributed by atoms with E-state index >= 15 is 0 Å². The molecule has 1 N–H and O–H groups in total. The number of aromatic nitrogens is 1. The van der Waals surface area contributed by atoms with Gasteiger partial charge in [-0.05, 0) is 24.6 Å². The van der Waals surface area contributed by atoms with Crippen LogP contribution < -0.4 is 14.8 Å². The number of hydrogen-bond acceptors (Lipinski definition) is 4. The highest BCUT2D eigenvalue weighted by Crippen LogP contribution is 2.36. The van der Waals surface area contributed by atoms with Crippen LogP contribution >= 0.6 is 11.3 Å². The molecule has 4 rings (SSSR count). The lowest BCUT2D eigenvalue weighted by atomic mass is 10.0. The van der Waals surface area contributed by atoms with E-state index in [0.29, 0.717) is 22.1 Å². The number of methoxy groups -OCH3 is 2. The van der Waals surface area contributed by atoms with Crippen molar-refractivity contribution in [2.75, 3.05) is 19.5 Å². The first-order valence-electron chi connectivity index (χ1n) is 9.45. The number of hydrogen-bond donors (Lipinski definition) is 1. The molecule has 0 aliphatic rings. The molecular formula is C24H22N2O3S. The number of anilines is 1. The minimum absolute atomic E-state index is 0.183. The van der Waals surface area contributed by atoms with E-state index in [4.69, 9.17) is 9.47 Å². The van der Waals surface area contributed by atoms with Crippen molar-refractivity contribution in [1.29, 1.82) is 0 Å². The molecule has 2 aromatic carbocycles. The van der Waals surface area contributed by atoms with Gasteiger partial charge in [-0.3, -0.25) is 4.79 Å². The van der Waals surface area contributed by atoms with E-state index in [1.807, 2.05) is 34.5 Å². The molecule has 0 aliphatic carbocycles. The SMILES string of the molecule is COc1cc(NC(=O)c2scc(-c3ccc(C)cc3)c2-n2cccc2)cc(OC)c1. The average Bonchev–Trinajstić information content (AvgIpc) is 3.43. The molecule has 0 saturated carbocycles. The number of rotatable bonds is 6. The fraction of sp³-hybridized carbons (Fsp3) is 0.125. The number of ether oxygens (including phenoxy) is 2. The van der Waals surface area contributed by atoms with E-state index in [1.165, 1.54) is 16.9 Å². The number of thiophene rings is 1. The van der Waals surface area contributed by atoms with Crippen molar-refractivity contribution < 1.29 is 14.3 Å². The van der Waals surface area contributed by atoms with Crippen LogP contribution in [0.1, 0.15) is 15.2 Å². The molecule has 6 heteroatoms. The first kappa shape index (κ1) is 19.8. The summed E-state index contributed by atoms with van der Waals surface area (Å²) in [5, 5.41) is 5.01. The summed E-state index contributed by atoms with van der Waals surface area (Å²) in [5.41, 5.74) is 4.76. The van der Waals surface area contributed by atoms with Gasteiger partial charge in [-0.15, -0.1) is 11.3 Å². The van der Waals surface area contributed by atoms with Crippen LogP contribution in [0.25, 0.3) is 16.8 Å². The maximum atomic E-state index is 13.2. The Morgan fingerprint density at radius 3 is 2.20 bits per heavy atom. The Kier molecular flexibility index (Phi) is 5.59. The monoisotopic (exact) mass is 418 g/mol. The van der Waals surface area contributed by atoms with Gasteiger partial charge in [-0.1, -0.05) is 29.8 Å². The standard InChI is InChI=1S/C24H22N2O3S/c1-16-6-8-17(9-7-16)21-15-30-23(22(21)26-10-4-5-11-26)24(27)25-18-12-19(28-2)14-20(13-18)29-3/h4-15H,1-3H3,(H,25,27). The fourth-order valence-corrected chi connectivity index (χ4v) is 4.23. The minimum atomic E-state index is -0.183. The zero-order chi connectivity index (χ0) is 21.1. The summed E-state index contributed by atoms with van der Waals surface area (Å²) >= 11 is 1.43. The first-order valence-corrected chi connectivity index (χ1v) is 10.3. The molecule has 0 aliphatic heterocycles. The van der Waals surface area contributed by atoms with Gasteiger partial charge >= 0.3 is 0 Å². The van der Waals surface area contributed by atoms with Crippen LogP contribution in [0.2, 0.25) is 0 Å². The Balaban J connectivity index is 1.74. The molecule has 4 aromatic rings. The first-order chi connectivity index (χ1) is 14.6. The summed E-state index contributed by atoms with van der Waals surface area (Å²) in [7, 11) is 3.16. The van der Waals surface area contributed by atoms with Gasteiger partial charge in [0.05, 0.1) is 19.9 Å². The lowest BCUT2D eigenvalue weighted by Gasteiger charge is -2.12. The van der Waals surface area contributed by atoms with Crippen LogP contribution in [0, 0.1) is 6.92 Å². The van der Waals surface area contributed by atoms with Crippen molar-refractivity contribution in [3.63, 3.8) is 0 Å². The molecule has 5 nitrogen and oxygen atoms in total. The van der Waals surface area contributed by atoms with Gasteiger partial charge < -0.3 is 19.4 Å². The smallest absolute Gasteiger partial charge is 0.267 e. The highest BCUT2D eigenvalue weighted by Gasteiger charge is 2.21. The number of nitrogens with one attached hydrogen (secondary N) is 1. The number of carbonyl (C=O) groups is 1. The predicted molar refractivity (Wildman–Crippen MR) is 121 cm³/mol. The molecule has 30 heavy (non-hydrogen) atoms. The Morgan fingerprint density at radius 1 is 0.967 bits per heavy atom. The molecular weight excluding hydrogens is 396 g/mol. The molecule has 2 heterocycles. The van der Waals surface area contributed by atoms with Crippen molar-refractivity contribution >= 4 is 22.9 Å². The molecule has 0 atom stereocenters. The van der Waals surface area contributed by atoms with Crippen molar-refractivity contribution in [1.82, 2.24) is 4.57 Å². The highest BCUT2D eigenvalue weighted by molar-refractivity contribution is 7.13. The van der Waals surface area contributed by atoms with Crippen molar-refractivity contribution in [3.8, 4) is 28.3 Å². The predicted octanol–water partition coefficient (Wildman–Crippen LogP) is 5.78. The van der Waals surface area contributed by atoms with Crippen LogP contribution in [0.3, 0.4) is 0 Å². The summed E-state index contributed by atoms with van der Waals surface area (Å²) in [6.07, 6.45) is 3.90. The number of nitrogens with zero attached hydrogens (tertiary/aromatic N) is 1. The quantitative estimate of drug-likeness (QED) is 0.432. The number of amides is 1. The van der Waals surface area contributed by atoms with E-state index in [0.717, 1.165) is 16.8 Å². The van der Waals surface area contributed by atoms with E-state index in [-0.39, 0.29) is 5.91 Å². The molecule has 0 spiro atoms. The molecule has 2 aromatic heterocycles. The molecule has 0 fully saturated rings. The van der Waals surface area contributed by atoms with E-state index < -0.39 is 0 Å². The van der Waals surface area contributed by atoms with Gasteiger partial charge in [0.25, 0.3) is 5.91 Å². The normalized spacial score (nSPS) is 10.6. The van der Waals surface area contributed by atoms with Crippen LogP contribution in [0.5, 0.6) is 11.5 Å². The van der Waals surface area contributed by atoms with Gasteiger partial charge in [0.2, 0.25) is 0 Å². The van der Waals surface area contributed by atoms with Gasteiger partial charge in [-0.25, -0.2) is 0 Å². The average molecular weight is 419 g/mol. The van der Waals surface area contributed by atoms with Crippen LogP contribution in [0.4, 0.5) is 5.69 Å². The maximum absolute atomic E-state index is 13.2. The molecule has 0 bridgehead atoms. The van der Waals surface area contributed by atoms with Gasteiger partial charge in [0.1, 0.15) is 16.4 Å². The Bertz CT molecular complexity index is 1140. The summed E-state index contributed by atoms with van der Waals surface area (Å²) in [6, 6.07) is 17.5. The van der Waals surface area contributed by atoms with Crippen molar-refractivity contribution in [2.45, 2.75) is 6.92 Å². The van der Waals surface area contributed by atoms with E-state index in [2.05, 4.69) is 36.5 Å².